The van der Waals surface area contributed by atoms with E-state index in [9.17, 15) is 4.79 Å². The van der Waals surface area contributed by atoms with Crippen molar-refractivity contribution >= 4 is 16.7 Å². The van der Waals surface area contributed by atoms with Crippen molar-refractivity contribution in [3.63, 3.8) is 0 Å². The number of fused-ring (bicyclic) bond motifs is 1. The van der Waals surface area contributed by atoms with Gasteiger partial charge in [-0.25, -0.2) is 4.98 Å². The molecule has 0 amide bonds. The minimum absolute atomic E-state index is 0.00267. The van der Waals surface area contributed by atoms with E-state index in [-0.39, 0.29) is 5.56 Å². The van der Waals surface area contributed by atoms with Crippen LogP contribution < -0.4 is 15.8 Å². The second kappa shape index (κ2) is 7.07. The molecule has 0 spiro atoms. The van der Waals surface area contributed by atoms with Gasteiger partial charge in [0.05, 0.1) is 0 Å². The first-order valence-electron chi connectivity index (χ1n) is 8.80. The van der Waals surface area contributed by atoms with E-state index in [1.165, 1.54) is 0 Å². The number of para-hydroxylation sites is 1. The van der Waals surface area contributed by atoms with Crippen LogP contribution in [0, 0.1) is 0 Å². The van der Waals surface area contributed by atoms with Crippen LogP contribution in [0.4, 0.5) is 5.82 Å². The summed E-state index contributed by atoms with van der Waals surface area (Å²) >= 11 is 0. The molecule has 1 fully saturated rings. The Hall–Kier alpha value is -2.66. The first-order valence-corrected chi connectivity index (χ1v) is 8.80. The van der Waals surface area contributed by atoms with Gasteiger partial charge in [-0.05, 0) is 42.5 Å². The first kappa shape index (κ1) is 15.8. The Morgan fingerprint density at radius 2 is 1.92 bits per heavy atom. The molecule has 0 unspecified atom stereocenters. The van der Waals surface area contributed by atoms with Gasteiger partial charge in [0.1, 0.15) is 5.82 Å². The zero-order valence-corrected chi connectivity index (χ0v) is 14.1. The Morgan fingerprint density at radius 3 is 2.72 bits per heavy atom. The lowest BCUT2D eigenvalue weighted by molar-refractivity contribution is 0.412. The van der Waals surface area contributed by atoms with Gasteiger partial charge in [-0.3, -0.25) is 4.79 Å². The molecule has 0 aliphatic carbocycles. The van der Waals surface area contributed by atoms with Crippen LogP contribution in [0.5, 0.6) is 0 Å². The number of aromatic amines is 1. The van der Waals surface area contributed by atoms with Gasteiger partial charge in [0.15, 0.2) is 0 Å². The van der Waals surface area contributed by atoms with Crippen molar-refractivity contribution in [2.24, 2.45) is 0 Å². The standard InChI is InChI=1S/C20H22N4O/c25-20-16(13-15-5-1-2-6-18(15)23-20)14-22-17-8-11-24(12-9-17)19-7-3-4-10-21-19/h1-7,10,13,17,22H,8-9,11-12,14H2,(H,23,25). The molecule has 3 aromatic rings. The van der Waals surface area contributed by atoms with Crippen LogP contribution >= 0.6 is 0 Å². The summed E-state index contributed by atoms with van der Waals surface area (Å²) < 4.78 is 0. The SMILES string of the molecule is O=c1[nH]c2ccccc2cc1CNC1CCN(c2ccccn2)CC1. The molecule has 0 radical (unpaired) electrons. The molecule has 5 nitrogen and oxygen atoms in total. The molecule has 0 saturated carbocycles. The van der Waals surface area contributed by atoms with E-state index in [1.54, 1.807) is 0 Å². The number of benzene rings is 1. The van der Waals surface area contributed by atoms with Gasteiger partial charge in [-0.2, -0.15) is 0 Å². The third-order valence-corrected chi connectivity index (χ3v) is 4.88. The molecular weight excluding hydrogens is 312 g/mol. The summed E-state index contributed by atoms with van der Waals surface area (Å²) in [5.41, 5.74) is 1.68. The highest BCUT2D eigenvalue weighted by molar-refractivity contribution is 5.78. The van der Waals surface area contributed by atoms with Gasteiger partial charge in [0.2, 0.25) is 0 Å². The zero-order valence-electron chi connectivity index (χ0n) is 14.1. The van der Waals surface area contributed by atoms with Crippen LogP contribution in [0.1, 0.15) is 18.4 Å². The largest absolute Gasteiger partial charge is 0.357 e. The van der Waals surface area contributed by atoms with E-state index in [1.807, 2.05) is 48.7 Å². The average Bonchev–Trinajstić information content (AvgIpc) is 2.67. The molecule has 1 aliphatic rings. The van der Waals surface area contributed by atoms with Crippen LogP contribution in [0.15, 0.2) is 59.5 Å². The van der Waals surface area contributed by atoms with Crippen LogP contribution in [0.25, 0.3) is 10.9 Å². The maximum Gasteiger partial charge on any atom is 0.252 e. The van der Waals surface area contributed by atoms with Gasteiger partial charge < -0.3 is 15.2 Å². The highest BCUT2D eigenvalue weighted by atomic mass is 16.1. The molecule has 5 heteroatoms. The molecule has 128 valence electrons. The molecule has 0 atom stereocenters. The summed E-state index contributed by atoms with van der Waals surface area (Å²) in [5.74, 6) is 1.05. The summed E-state index contributed by atoms with van der Waals surface area (Å²) in [5, 5.41) is 4.62. The predicted octanol–water partition coefficient (Wildman–Crippen LogP) is 2.68. The number of piperidine rings is 1. The summed E-state index contributed by atoms with van der Waals surface area (Å²) in [7, 11) is 0. The van der Waals surface area contributed by atoms with Gasteiger partial charge in [0.25, 0.3) is 5.56 Å². The van der Waals surface area contributed by atoms with Crippen molar-refractivity contribution < 1.29 is 0 Å². The van der Waals surface area contributed by atoms with E-state index in [0.717, 1.165) is 48.2 Å². The molecule has 1 aromatic carbocycles. The van der Waals surface area contributed by atoms with E-state index >= 15 is 0 Å². The third kappa shape index (κ3) is 3.56. The molecule has 2 N–H and O–H groups in total. The Balaban J connectivity index is 1.37. The number of H-pyrrole nitrogens is 1. The minimum Gasteiger partial charge on any atom is -0.357 e. The maximum atomic E-state index is 12.2. The van der Waals surface area contributed by atoms with E-state index < -0.39 is 0 Å². The van der Waals surface area contributed by atoms with Crippen molar-refractivity contribution in [3.05, 3.63) is 70.6 Å². The summed E-state index contributed by atoms with van der Waals surface area (Å²) in [6.45, 7) is 2.58. The Kier molecular flexibility index (Phi) is 4.48. The minimum atomic E-state index is -0.00267. The van der Waals surface area contributed by atoms with Crippen LogP contribution in [0.2, 0.25) is 0 Å². The number of nitrogens with one attached hydrogen (secondary N) is 2. The zero-order chi connectivity index (χ0) is 17.1. The van der Waals surface area contributed by atoms with Crippen molar-refractivity contribution in [1.29, 1.82) is 0 Å². The molecule has 0 bridgehead atoms. The number of anilines is 1. The molecule has 1 saturated heterocycles. The number of rotatable bonds is 4. The Morgan fingerprint density at radius 1 is 1.12 bits per heavy atom. The monoisotopic (exact) mass is 334 g/mol. The lowest BCUT2D eigenvalue weighted by Gasteiger charge is -2.33. The number of nitrogens with zero attached hydrogens (tertiary/aromatic N) is 2. The third-order valence-electron chi connectivity index (χ3n) is 4.88. The second-order valence-corrected chi connectivity index (χ2v) is 6.54. The normalized spacial score (nSPS) is 15.6. The van der Waals surface area contributed by atoms with Crippen LogP contribution in [0.3, 0.4) is 0 Å². The molecule has 4 rings (SSSR count). The fourth-order valence-electron chi connectivity index (χ4n) is 3.43. The molecule has 3 heterocycles. The predicted molar refractivity (Wildman–Crippen MR) is 101 cm³/mol. The fraction of sp³-hybridized carbons (Fsp3) is 0.300. The molecule has 1 aliphatic heterocycles. The van der Waals surface area contributed by atoms with Crippen molar-refractivity contribution in [1.82, 2.24) is 15.3 Å². The topological polar surface area (TPSA) is 61.0 Å². The van der Waals surface area contributed by atoms with Gasteiger partial charge in [0, 0.05) is 43.0 Å². The maximum absolute atomic E-state index is 12.2. The number of aromatic nitrogens is 2. The number of hydrogen-bond acceptors (Lipinski definition) is 4. The number of pyridine rings is 2. The Bertz CT molecular complexity index is 898. The van der Waals surface area contributed by atoms with E-state index in [0.29, 0.717) is 12.6 Å². The summed E-state index contributed by atoms with van der Waals surface area (Å²) in [4.78, 5) is 21.9. The van der Waals surface area contributed by atoms with Crippen molar-refractivity contribution in [3.8, 4) is 0 Å². The van der Waals surface area contributed by atoms with Crippen LogP contribution in [-0.2, 0) is 6.54 Å². The second-order valence-electron chi connectivity index (χ2n) is 6.54. The first-order chi connectivity index (χ1) is 12.3. The van der Waals surface area contributed by atoms with E-state index in [2.05, 4.69) is 26.3 Å². The van der Waals surface area contributed by atoms with Gasteiger partial charge in [-0.15, -0.1) is 0 Å². The molecular formula is C20H22N4O. The summed E-state index contributed by atoms with van der Waals surface area (Å²) in [6, 6.07) is 16.3. The van der Waals surface area contributed by atoms with E-state index in [4.69, 9.17) is 0 Å². The highest BCUT2D eigenvalue weighted by Crippen LogP contribution is 2.17. The van der Waals surface area contributed by atoms with Crippen molar-refractivity contribution in [2.45, 2.75) is 25.4 Å². The van der Waals surface area contributed by atoms with Gasteiger partial charge >= 0.3 is 0 Å². The Labute approximate surface area is 146 Å². The molecule has 2 aromatic heterocycles. The highest BCUT2D eigenvalue weighted by Gasteiger charge is 2.19. The average molecular weight is 334 g/mol. The fourth-order valence-corrected chi connectivity index (χ4v) is 3.43. The van der Waals surface area contributed by atoms with Crippen molar-refractivity contribution in [2.75, 3.05) is 18.0 Å². The van der Waals surface area contributed by atoms with Crippen LogP contribution in [-0.4, -0.2) is 29.1 Å². The quantitative estimate of drug-likeness (QED) is 0.770. The smallest absolute Gasteiger partial charge is 0.252 e. The lowest BCUT2D eigenvalue weighted by atomic mass is 10.0. The number of hydrogen-bond donors (Lipinski definition) is 2. The lowest BCUT2D eigenvalue weighted by Crippen LogP contribution is -2.43. The van der Waals surface area contributed by atoms with Gasteiger partial charge in [-0.1, -0.05) is 24.3 Å². The molecule has 25 heavy (non-hydrogen) atoms. The summed E-state index contributed by atoms with van der Waals surface area (Å²) in [6.07, 6.45) is 3.95.